The first-order valence-electron chi connectivity index (χ1n) is 7.31. The van der Waals surface area contributed by atoms with E-state index in [0.717, 1.165) is 18.1 Å². The summed E-state index contributed by atoms with van der Waals surface area (Å²) in [6, 6.07) is 4.05. The summed E-state index contributed by atoms with van der Waals surface area (Å²) in [5.41, 5.74) is 1.06. The van der Waals surface area contributed by atoms with Crippen LogP contribution in [0.3, 0.4) is 0 Å². The van der Waals surface area contributed by atoms with Gasteiger partial charge in [0.05, 0.1) is 19.8 Å². The molecule has 1 aromatic rings. The molecule has 126 valence electrons. The second kappa shape index (κ2) is 12.5. The van der Waals surface area contributed by atoms with Gasteiger partial charge >= 0.3 is 0 Å². The van der Waals surface area contributed by atoms with Crippen molar-refractivity contribution < 1.29 is 9.47 Å². The highest BCUT2D eigenvalue weighted by atomic mass is 127. The SMILES string of the molecule is CCNC(=NCc1ccnc(OCC)c1)NC(C)COC.I. The van der Waals surface area contributed by atoms with Crippen molar-refractivity contribution in [2.45, 2.75) is 33.4 Å². The summed E-state index contributed by atoms with van der Waals surface area (Å²) < 4.78 is 10.5. The minimum Gasteiger partial charge on any atom is -0.478 e. The molecular formula is C15H27IN4O2. The molecule has 2 N–H and O–H groups in total. The molecule has 0 radical (unpaired) electrons. The van der Waals surface area contributed by atoms with E-state index in [4.69, 9.17) is 9.47 Å². The molecule has 22 heavy (non-hydrogen) atoms. The molecule has 0 saturated carbocycles. The van der Waals surface area contributed by atoms with Crippen molar-refractivity contribution in [1.29, 1.82) is 0 Å². The first kappa shape index (κ1) is 20.9. The Kier molecular flexibility index (Phi) is 11.8. The van der Waals surface area contributed by atoms with Crippen LogP contribution < -0.4 is 15.4 Å². The van der Waals surface area contributed by atoms with Crippen LogP contribution in [0.4, 0.5) is 0 Å². The Balaban J connectivity index is 0.00000441. The number of halogens is 1. The fraction of sp³-hybridized carbons (Fsp3) is 0.600. The van der Waals surface area contributed by atoms with E-state index in [9.17, 15) is 0 Å². The molecule has 1 rings (SSSR count). The Hall–Kier alpha value is -1.09. The molecule has 7 heteroatoms. The van der Waals surface area contributed by atoms with Gasteiger partial charge in [0.1, 0.15) is 0 Å². The van der Waals surface area contributed by atoms with E-state index in [1.165, 1.54) is 0 Å². The number of rotatable bonds is 8. The number of methoxy groups -OCH3 is 1. The molecule has 0 amide bonds. The van der Waals surface area contributed by atoms with E-state index in [0.29, 0.717) is 25.6 Å². The number of hydrogen-bond acceptors (Lipinski definition) is 4. The van der Waals surface area contributed by atoms with Crippen molar-refractivity contribution in [2.75, 3.05) is 26.9 Å². The van der Waals surface area contributed by atoms with Crippen LogP contribution in [-0.4, -0.2) is 43.9 Å². The van der Waals surface area contributed by atoms with Gasteiger partial charge in [-0.25, -0.2) is 9.98 Å². The summed E-state index contributed by atoms with van der Waals surface area (Å²) in [5.74, 6) is 1.41. The zero-order valence-electron chi connectivity index (χ0n) is 13.8. The molecule has 0 saturated heterocycles. The van der Waals surface area contributed by atoms with Gasteiger partial charge in [0.25, 0.3) is 0 Å². The maximum atomic E-state index is 5.39. The number of aromatic nitrogens is 1. The van der Waals surface area contributed by atoms with Crippen LogP contribution >= 0.6 is 24.0 Å². The molecule has 1 aromatic heterocycles. The number of nitrogens with zero attached hydrogens (tertiary/aromatic N) is 2. The second-order valence-electron chi connectivity index (χ2n) is 4.63. The topological polar surface area (TPSA) is 67.8 Å². The van der Waals surface area contributed by atoms with Gasteiger partial charge in [-0.15, -0.1) is 24.0 Å². The van der Waals surface area contributed by atoms with Crippen LogP contribution in [-0.2, 0) is 11.3 Å². The molecule has 0 bridgehead atoms. The average molecular weight is 422 g/mol. The van der Waals surface area contributed by atoms with Crippen LogP contribution in [0.15, 0.2) is 23.3 Å². The fourth-order valence-electron chi connectivity index (χ4n) is 1.79. The van der Waals surface area contributed by atoms with Crippen molar-refractivity contribution >= 4 is 29.9 Å². The second-order valence-corrected chi connectivity index (χ2v) is 4.63. The first-order valence-corrected chi connectivity index (χ1v) is 7.31. The van der Waals surface area contributed by atoms with Crippen LogP contribution in [0.1, 0.15) is 26.3 Å². The molecule has 0 aliphatic heterocycles. The zero-order chi connectivity index (χ0) is 15.5. The Morgan fingerprint density at radius 3 is 2.82 bits per heavy atom. The van der Waals surface area contributed by atoms with Gasteiger partial charge in [0.15, 0.2) is 5.96 Å². The summed E-state index contributed by atoms with van der Waals surface area (Å²) >= 11 is 0. The van der Waals surface area contributed by atoms with Gasteiger partial charge in [0, 0.05) is 32.0 Å². The lowest BCUT2D eigenvalue weighted by Crippen LogP contribution is -2.43. The van der Waals surface area contributed by atoms with Gasteiger partial charge < -0.3 is 20.1 Å². The molecule has 0 spiro atoms. The number of aliphatic imine (C=N–C) groups is 1. The Morgan fingerprint density at radius 2 is 2.18 bits per heavy atom. The predicted octanol–water partition coefficient (Wildman–Crippen LogP) is 2.19. The van der Waals surface area contributed by atoms with E-state index in [1.54, 1.807) is 13.3 Å². The lowest BCUT2D eigenvalue weighted by molar-refractivity contribution is 0.179. The maximum absolute atomic E-state index is 5.39. The van der Waals surface area contributed by atoms with Crippen LogP contribution in [0.25, 0.3) is 0 Å². The lowest BCUT2D eigenvalue weighted by atomic mass is 10.3. The van der Waals surface area contributed by atoms with E-state index in [1.807, 2.05) is 26.0 Å². The standard InChI is InChI=1S/C15H26N4O2.HI/c1-5-16-15(19-12(3)11-20-4)18-10-13-7-8-17-14(9-13)21-6-2;/h7-9,12H,5-6,10-11H2,1-4H3,(H2,16,18,19);1H. The van der Waals surface area contributed by atoms with Gasteiger partial charge in [-0.2, -0.15) is 0 Å². The third kappa shape index (κ3) is 8.38. The average Bonchev–Trinajstić information content (AvgIpc) is 2.46. The van der Waals surface area contributed by atoms with Gasteiger partial charge in [0.2, 0.25) is 5.88 Å². The molecule has 0 fully saturated rings. The quantitative estimate of drug-likeness (QED) is 0.382. The predicted molar refractivity (Wildman–Crippen MR) is 100 cm³/mol. The molecule has 1 heterocycles. The lowest BCUT2D eigenvalue weighted by Gasteiger charge is -2.17. The van der Waals surface area contributed by atoms with Gasteiger partial charge in [-0.05, 0) is 32.4 Å². The van der Waals surface area contributed by atoms with E-state index in [-0.39, 0.29) is 30.0 Å². The van der Waals surface area contributed by atoms with Gasteiger partial charge in [-0.1, -0.05) is 0 Å². The van der Waals surface area contributed by atoms with E-state index < -0.39 is 0 Å². The number of hydrogen-bond donors (Lipinski definition) is 2. The molecule has 0 aromatic carbocycles. The molecule has 0 aliphatic rings. The van der Waals surface area contributed by atoms with E-state index >= 15 is 0 Å². The number of pyridine rings is 1. The zero-order valence-corrected chi connectivity index (χ0v) is 16.1. The third-order valence-electron chi connectivity index (χ3n) is 2.66. The van der Waals surface area contributed by atoms with Crippen molar-refractivity contribution in [3.63, 3.8) is 0 Å². The van der Waals surface area contributed by atoms with E-state index in [2.05, 4.69) is 27.5 Å². The molecule has 0 aliphatic carbocycles. The fourth-order valence-corrected chi connectivity index (χ4v) is 1.79. The minimum atomic E-state index is 0. The van der Waals surface area contributed by atoms with Crippen LogP contribution in [0.5, 0.6) is 5.88 Å². The van der Waals surface area contributed by atoms with Crippen LogP contribution in [0, 0.1) is 0 Å². The van der Waals surface area contributed by atoms with Crippen molar-refractivity contribution in [2.24, 2.45) is 4.99 Å². The molecular weight excluding hydrogens is 395 g/mol. The number of ether oxygens (including phenoxy) is 2. The summed E-state index contributed by atoms with van der Waals surface area (Å²) in [4.78, 5) is 8.71. The van der Waals surface area contributed by atoms with Crippen molar-refractivity contribution in [3.8, 4) is 5.88 Å². The Morgan fingerprint density at radius 1 is 1.41 bits per heavy atom. The first-order chi connectivity index (χ1) is 10.2. The largest absolute Gasteiger partial charge is 0.478 e. The highest BCUT2D eigenvalue weighted by Gasteiger charge is 2.04. The minimum absolute atomic E-state index is 0. The summed E-state index contributed by atoms with van der Waals surface area (Å²) in [6.07, 6.45) is 1.74. The molecule has 6 nitrogen and oxygen atoms in total. The normalized spacial score (nSPS) is 12.3. The summed E-state index contributed by atoms with van der Waals surface area (Å²) in [5, 5.41) is 6.51. The Bertz CT molecular complexity index is 443. The number of guanidine groups is 1. The highest BCUT2D eigenvalue weighted by Crippen LogP contribution is 2.10. The monoisotopic (exact) mass is 422 g/mol. The summed E-state index contributed by atoms with van der Waals surface area (Å²) in [7, 11) is 1.69. The summed E-state index contributed by atoms with van der Waals surface area (Å²) in [6.45, 7) is 8.65. The smallest absolute Gasteiger partial charge is 0.213 e. The molecule has 1 unspecified atom stereocenters. The highest BCUT2D eigenvalue weighted by molar-refractivity contribution is 14.0. The van der Waals surface area contributed by atoms with Crippen LogP contribution in [0.2, 0.25) is 0 Å². The third-order valence-corrected chi connectivity index (χ3v) is 2.66. The van der Waals surface area contributed by atoms with Gasteiger partial charge in [-0.3, -0.25) is 0 Å². The van der Waals surface area contributed by atoms with Crippen molar-refractivity contribution in [3.05, 3.63) is 23.9 Å². The Labute approximate surface area is 150 Å². The van der Waals surface area contributed by atoms with Crippen molar-refractivity contribution in [1.82, 2.24) is 15.6 Å². The maximum Gasteiger partial charge on any atom is 0.213 e. The molecule has 1 atom stereocenters. The number of nitrogens with one attached hydrogen (secondary N) is 2.